The van der Waals surface area contributed by atoms with Crippen LogP contribution in [0.4, 0.5) is 20.2 Å². The van der Waals surface area contributed by atoms with Gasteiger partial charge in [0.25, 0.3) is 5.91 Å². The summed E-state index contributed by atoms with van der Waals surface area (Å²) < 4.78 is 42.5. The highest BCUT2D eigenvalue weighted by Crippen LogP contribution is 2.34. The molecule has 0 aliphatic carbocycles. The maximum Gasteiger partial charge on any atom is 0.255 e. The van der Waals surface area contributed by atoms with Gasteiger partial charge in [-0.3, -0.25) is 24.0 Å². The summed E-state index contributed by atoms with van der Waals surface area (Å²) in [6, 6.07) is 19.3. The molecule has 0 saturated carbocycles. The Morgan fingerprint density at radius 3 is 1.80 bits per heavy atom. The van der Waals surface area contributed by atoms with E-state index < -0.39 is 17.5 Å². The van der Waals surface area contributed by atoms with Gasteiger partial charge in [0.05, 0.1) is 11.4 Å². The van der Waals surface area contributed by atoms with Gasteiger partial charge in [-0.1, -0.05) is 12.8 Å². The molecule has 4 heterocycles. The van der Waals surface area contributed by atoms with Crippen molar-refractivity contribution in [1.29, 1.82) is 0 Å². The van der Waals surface area contributed by atoms with Gasteiger partial charge < -0.3 is 20.5 Å². The highest BCUT2D eigenvalue weighted by atomic mass is 19.2. The van der Waals surface area contributed by atoms with Gasteiger partial charge in [0.2, 0.25) is 0 Å². The number of amides is 1. The SMILES string of the molecule is CC1CCCCN1CCOc1ccc(N)cc1-c1ccnn1C.CC1CCCCN1CCOc1ccc(NC(=O)c2ccc(F)c(F)c2)cc1-c1ccnn1C. The predicted molar refractivity (Wildman–Crippen MR) is 217 cm³/mol. The molecule has 2 aromatic heterocycles. The van der Waals surface area contributed by atoms with Crippen molar-refractivity contribution in [3.05, 3.63) is 96.3 Å². The van der Waals surface area contributed by atoms with Crippen LogP contribution in [0.1, 0.15) is 62.7 Å². The number of aryl methyl sites for hydroxylation is 2. The Hall–Kier alpha value is -5.27. The summed E-state index contributed by atoms with van der Waals surface area (Å²) in [5.74, 6) is -1.03. The maximum absolute atomic E-state index is 13.5. The van der Waals surface area contributed by atoms with E-state index in [1.54, 1.807) is 29.2 Å². The summed E-state index contributed by atoms with van der Waals surface area (Å²) in [6.07, 6.45) is 11.1. The Bertz CT molecular complexity index is 2070. The molecule has 0 radical (unpaired) electrons. The van der Waals surface area contributed by atoms with E-state index in [0.717, 1.165) is 65.7 Å². The van der Waals surface area contributed by atoms with Gasteiger partial charge in [0, 0.05) is 79.7 Å². The lowest BCUT2D eigenvalue weighted by Crippen LogP contribution is -2.39. The van der Waals surface area contributed by atoms with Gasteiger partial charge in [-0.15, -0.1) is 0 Å². The molecule has 2 unspecified atom stereocenters. The molecule has 298 valence electrons. The van der Waals surface area contributed by atoms with E-state index in [9.17, 15) is 13.6 Å². The molecule has 1 amide bonds. The average Bonchev–Trinajstić information content (AvgIpc) is 3.82. The molecule has 3 aromatic carbocycles. The van der Waals surface area contributed by atoms with Crippen LogP contribution in [-0.2, 0) is 14.1 Å². The van der Waals surface area contributed by atoms with Crippen LogP contribution in [0.3, 0.4) is 0 Å². The fraction of sp³-hybridized carbons (Fsp3) is 0.419. The zero-order valence-electron chi connectivity index (χ0n) is 32.9. The lowest BCUT2D eigenvalue weighted by molar-refractivity contribution is 0.102. The van der Waals surface area contributed by atoms with E-state index in [0.29, 0.717) is 36.7 Å². The summed E-state index contributed by atoms with van der Waals surface area (Å²) in [5, 5.41) is 11.2. The topological polar surface area (TPSA) is 116 Å². The lowest BCUT2D eigenvalue weighted by Gasteiger charge is -2.33. The molecule has 3 N–H and O–H groups in total. The summed E-state index contributed by atoms with van der Waals surface area (Å²) in [4.78, 5) is 17.5. The quantitative estimate of drug-likeness (QED) is 0.124. The second kappa shape index (κ2) is 19.1. The van der Waals surface area contributed by atoms with Gasteiger partial charge >= 0.3 is 0 Å². The van der Waals surface area contributed by atoms with Gasteiger partial charge in [-0.05, 0) is 119 Å². The zero-order valence-corrected chi connectivity index (χ0v) is 32.9. The number of nitrogens with two attached hydrogens (primary N) is 1. The van der Waals surface area contributed by atoms with E-state index >= 15 is 0 Å². The number of anilines is 2. The first-order chi connectivity index (χ1) is 27.1. The number of likely N-dealkylation sites (tertiary alicyclic amines) is 2. The second-order valence-electron chi connectivity index (χ2n) is 14.7. The molecule has 7 rings (SSSR count). The second-order valence-corrected chi connectivity index (χ2v) is 14.7. The van der Waals surface area contributed by atoms with Gasteiger partial charge in [0.1, 0.15) is 24.7 Å². The third kappa shape index (κ3) is 10.3. The van der Waals surface area contributed by atoms with Crippen LogP contribution in [0.25, 0.3) is 22.5 Å². The Balaban J connectivity index is 0.000000202. The van der Waals surface area contributed by atoms with Crippen LogP contribution >= 0.6 is 0 Å². The molecule has 13 heteroatoms. The number of nitrogen functional groups attached to an aromatic ring is 1. The van der Waals surface area contributed by atoms with Gasteiger partial charge in [-0.25, -0.2) is 8.78 Å². The number of carbonyl (C=O) groups excluding carboxylic acids is 1. The first kappa shape index (κ1) is 40.4. The van der Waals surface area contributed by atoms with E-state index in [1.165, 1.54) is 51.1 Å². The molecular weight excluding hydrogens is 715 g/mol. The summed E-state index contributed by atoms with van der Waals surface area (Å²) in [5.41, 5.74) is 10.9. The summed E-state index contributed by atoms with van der Waals surface area (Å²) in [6.45, 7) is 9.90. The van der Waals surface area contributed by atoms with Crippen LogP contribution < -0.4 is 20.5 Å². The first-order valence-corrected chi connectivity index (χ1v) is 19.6. The molecule has 2 fully saturated rings. The van der Waals surface area contributed by atoms with Crippen molar-refractivity contribution in [3.8, 4) is 34.0 Å². The number of ether oxygens (including phenoxy) is 2. The third-order valence-corrected chi connectivity index (χ3v) is 10.8. The number of aromatic nitrogens is 4. The lowest BCUT2D eigenvalue weighted by atomic mass is 10.0. The van der Waals surface area contributed by atoms with Gasteiger partial charge in [0.15, 0.2) is 11.6 Å². The maximum atomic E-state index is 13.5. The molecule has 2 atom stereocenters. The fourth-order valence-corrected chi connectivity index (χ4v) is 7.45. The normalized spacial score (nSPS) is 17.5. The molecule has 11 nitrogen and oxygen atoms in total. The van der Waals surface area contributed by atoms with Crippen molar-refractivity contribution in [1.82, 2.24) is 29.4 Å². The number of rotatable bonds is 12. The molecule has 5 aromatic rings. The Morgan fingerprint density at radius 1 is 0.732 bits per heavy atom. The molecule has 2 aliphatic heterocycles. The molecule has 2 saturated heterocycles. The zero-order chi connectivity index (χ0) is 39.6. The highest BCUT2D eigenvalue weighted by Gasteiger charge is 2.20. The number of halogens is 2. The number of piperidine rings is 2. The molecule has 0 spiro atoms. The van der Waals surface area contributed by atoms with E-state index in [2.05, 4.69) is 39.2 Å². The number of nitrogens with one attached hydrogen (secondary N) is 1. The number of hydrogen-bond donors (Lipinski definition) is 2. The molecule has 2 aliphatic rings. The van der Waals surface area contributed by atoms with Crippen molar-refractivity contribution >= 4 is 17.3 Å². The van der Waals surface area contributed by atoms with Gasteiger partial charge in [-0.2, -0.15) is 10.2 Å². The highest BCUT2D eigenvalue weighted by molar-refractivity contribution is 6.04. The van der Waals surface area contributed by atoms with E-state index in [1.807, 2.05) is 55.2 Å². The van der Waals surface area contributed by atoms with Crippen LogP contribution in [-0.4, -0.2) is 86.7 Å². The smallest absolute Gasteiger partial charge is 0.255 e. The van der Waals surface area contributed by atoms with E-state index in [-0.39, 0.29) is 5.56 Å². The molecule has 56 heavy (non-hydrogen) atoms. The van der Waals surface area contributed by atoms with Crippen molar-refractivity contribution in [2.24, 2.45) is 14.1 Å². The number of benzene rings is 3. The van der Waals surface area contributed by atoms with E-state index in [4.69, 9.17) is 15.2 Å². The minimum absolute atomic E-state index is 0.0342. The minimum Gasteiger partial charge on any atom is -0.492 e. The average molecular weight is 769 g/mol. The summed E-state index contributed by atoms with van der Waals surface area (Å²) in [7, 11) is 3.76. The Labute approximate surface area is 328 Å². The Morgan fingerprint density at radius 2 is 1.29 bits per heavy atom. The third-order valence-electron chi connectivity index (χ3n) is 10.8. The van der Waals surface area contributed by atoms with Crippen molar-refractivity contribution < 1.29 is 23.0 Å². The summed E-state index contributed by atoms with van der Waals surface area (Å²) >= 11 is 0. The standard InChI is InChI=1S/C25H28F2N4O2.C18H26N4O/c1-17-5-3-4-12-31(17)13-14-33-24-9-7-19(16-20(24)23-10-11-28-30(23)2)29-25(32)18-6-8-21(26)22(27)15-18;1-14-5-3-4-10-22(14)11-12-23-18-7-6-15(19)13-16(18)17-8-9-20-21(17)2/h6-11,15-17H,3-5,12-14H2,1-2H3,(H,29,32);6-9,13-14H,3-5,10-12,19H2,1-2H3. The fourth-order valence-electron chi connectivity index (χ4n) is 7.45. The monoisotopic (exact) mass is 768 g/mol. The largest absolute Gasteiger partial charge is 0.492 e. The van der Waals surface area contributed by atoms with Crippen molar-refractivity contribution in [2.75, 3.05) is 50.4 Å². The number of carbonyl (C=O) groups is 1. The van der Waals surface area contributed by atoms with Crippen molar-refractivity contribution in [3.63, 3.8) is 0 Å². The van der Waals surface area contributed by atoms with Crippen LogP contribution in [0.15, 0.2) is 79.1 Å². The van der Waals surface area contributed by atoms with Crippen LogP contribution in [0, 0.1) is 11.6 Å². The van der Waals surface area contributed by atoms with Crippen LogP contribution in [0.5, 0.6) is 11.5 Å². The minimum atomic E-state index is -1.06. The van der Waals surface area contributed by atoms with Crippen LogP contribution in [0.2, 0.25) is 0 Å². The Kier molecular flexibility index (Phi) is 13.7. The first-order valence-electron chi connectivity index (χ1n) is 19.6. The van der Waals surface area contributed by atoms with Crippen molar-refractivity contribution in [2.45, 2.75) is 64.5 Å². The molecule has 0 bridgehead atoms. The molecular formula is C43H54F2N8O3. The number of nitrogens with zero attached hydrogens (tertiary/aromatic N) is 6. The predicted octanol–water partition coefficient (Wildman–Crippen LogP) is 7.79. The number of hydrogen-bond acceptors (Lipinski definition) is 8.